The molecule has 0 saturated carbocycles. The standard InChI is InChI=1S/C15H22O2/c1-15(2,14(16)17)13(11-7-3-4-8-11)12-9-5-6-10-12/h7,9,13H,3-6,8,10H2,1-2H3,(H,16,17). The van der Waals surface area contributed by atoms with E-state index in [-0.39, 0.29) is 5.92 Å². The van der Waals surface area contributed by atoms with Gasteiger partial charge in [-0.25, -0.2) is 0 Å². The zero-order valence-corrected chi connectivity index (χ0v) is 10.8. The Hall–Kier alpha value is -1.05. The quantitative estimate of drug-likeness (QED) is 0.748. The van der Waals surface area contributed by atoms with E-state index in [9.17, 15) is 9.90 Å². The fourth-order valence-corrected chi connectivity index (χ4v) is 3.20. The summed E-state index contributed by atoms with van der Waals surface area (Å²) in [5.74, 6) is -0.548. The van der Waals surface area contributed by atoms with Crippen LogP contribution in [0.2, 0.25) is 0 Å². The lowest BCUT2D eigenvalue weighted by molar-refractivity contribution is -0.148. The molecule has 0 aliphatic heterocycles. The summed E-state index contributed by atoms with van der Waals surface area (Å²) in [5, 5.41) is 9.48. The van der Waals surface area contributed by atoms with Crippen molar-refractivity contribution in [2.45, 2.75) is 52.4 Å². The molecule has 0 aromatic carbocycles. The molecule has 0 heterocycles. The second kappa shape index (κ2) is 4.67. The lowest BCUT2D eigenvalue weighted by atomic mass is 9.70. The van der Waals surface area contributed by atoms with E-state index in [0.29, 0.717) is 0 Å². The van der Waals surface area contributed by atoms with Crippen LogP contribution in [0.4, 0.5) is 0 Å². The molecule has 0 bridgehead atoms. The van der Waals surface area contributed by atoms with Crippen molar-refractivity contribution >= 4 is 5.97 Å². The molecule has 0 radical (unpaired) electrons. The van der Waals surface area contributed by atoms with Crippen molar-refractivity contribution in [1.29, 1.82) is 0 Å². The molecule has 17 heavy (non-hydrogen) atoms. The Morgan fingerprint density at radius 1 is 1.18 bits per heavy atom. The van der Waals surface area contributed by atoms with Crippen LogP contribution in [0, 0.1) is 11.3 Å². The zero-order valence-electron chi connectivity index (χ0n) is 10.8. The van der Waals surface area contributed by atoms with Crippen LogP contribution in [-0.4, -0.2) is 11.1 Å². The van der Waals surface area contributed by atoms with Crippen molar-refractivity contribution < 1.29 is 9.90 Å². The van der Waals surface area contributed by atoms with Crippen molar-refractivity contribution in [2.24, 2.45) is 11.3 Å². The molecule has 2 aliphatic carbocycles. The Balaban J connectivity index is 2.33. The maximum Gasteiger partial charge on any atom is 0.310 e. The van der Waals surface area contributed by atoms with Gasteiger partial charge in [-0.15, -0.1) is 0 Å². The molecule has 0 aromatic rings. The summed E-state index contributed by atoms with van der Waals surface area (Å²) in [7, 11) is 0. The summed E-state index contributed by atoms with van der Waals surface area (Å²) in [6.45, 7) is 3.75. The highest BCUT2D eigenvalue weighted by Gasteiger charge is 2.41. The monoisotopic (exact) mass is 234 g/mol. The molecule has 0 fully saturated rings. The number of aliphatic carboxylic acids is 1. The molecule has 0 aromatic heterocycles. The van der Waals surface area contributed by atoms with E-state index in [1.807, 2.05) is 13.8 Å². The molecule has 0 atom stereocenters. The Morgan fingerprint density at radius 2 is 1.65 bits per heavy atom. The Morgan fingerprint density at radius 3 is 1.94 bits per heavy atom. The van der Waals surface area contributed by atoms with Crippen molar-refractivity contribution in [3.05, 3.63) is 23.3 Å². The summed E-state index contributed by atoms with van der Waals surface area (Å²) in [5.41, 5.74) is 2.06. The minimum atomic E-state index is -0.678. The van der Waals surface area contributed by atoms with Crippen molar-refractivity contribution in [2.75, 3.05) is 0 Å². The minimum absolute atomic E-state index is 0.130. The van der Waals surface area contributed by atoms with Gasteiger partial charge in [0.05, 0.1) is 5.41 Å². The largest absolute Gasteiger partial charge is 0.481 e. The van der Waals surface area contributed by atoms with E-state index in [1.165, 1.54) is 24.0 Å². The molecule has 1 N–H and O–H groups in total. The molecule has 0 amide bonds. The fourth-order valence-electron chi connectivity index (χ4n) is 3.20. The average Bonchev–Trinajstić information content (AvgIpc) is 2.90. The third kappa shape index (κ3) is 2.31. The van der Waals surface area contributed by atoms with E-state index in [0.717, 1.165) is 25.7 Å². The van der Waals surface area contributed by atoms with E-state index in [4.69, 9.17) is 0 Å². The second-order valence-electron chi connectivity index (χ2n) is 5.80. The van der Waals surface area contributed by atoms with Crippen LogP contribution in [-0.2, 0) is 4.79 Å². The van der Waals surface area contributed by atoms with E-state index >= 15 is 0 Å². The molecule has 0 saturated heterocycles. The van der Waals surface area contributed by atoms with Crippen molar-refractivity contribution in [1.82, 2.24) is 0 Å². The van der Waals surface area contributed by atoms with Gasteiger partial charge in [-0.1, -0.05) is 23.3 Å². The number of carboxylic acids is 1. The van der Waals surface area contributed by atoms with Gasteiger partial charge in [-0.3, -0.25) is 4.79 Å². The van der Waals surface area contributed by atoms with Gasteiger partial charge in [-0.05, 0) is 52.4 Å². The highest BCUT2D eigenvalue weighted by Crippen LogP contribution is 2.45. The van der Waals surface area contributed by atoms with Crippen LogP contribution < -0.4 is 0 Å². The van der Waals surface area contributed by atoms with Crippen LogP contribution in [0.1, 0.15) is 52.4 Å². The number of hydrogen-bond acceptors (Lipinski definition) is 1. The minimum Gasteiger partial charge on any atom is -0.481 e. The maximum atomic E-state index is 11.5. The van der Waals surface area contributed by atoms with Crippen LogP contribution >= 0.6 is 0 Å². The number of carbonyl (C=O) groups is 1. The fraction of sp³-hybridized carbons (Fsp3) is 0.667. The smallest absolute Gasteiger partial charge is 0.310 e. The average molecular weight is 234 g/mol. The van der Waals surface area contributed by atoms with Crippen molar-refractivity contribution in [3.8, 4) is 0 Å². The normalized spacial score (nSPS) is 20.6. The third-order valence-electron chi connectivity index (χ3n) is 4.17. The first-order chi connectivity index (χ1) is 8.03. The highest BCUT2D eigenvalue weighted by molar-refractivity contribution is 5.75. The van der Waals surface area contributed by atoms with Gasteiger partial charge in [0.15, 0.2) is 0 Å². The molecule has 2 heteroatoms. The van der Waals surface area contributed by atoms with Gasteiger partial charge in [0.1, 0.15) is 0 Å². The molecular weight excluding hydrogens is 212 g/mol. The predicted molar refractivity (Wildman–Crippen MR) is 68.8 cm³/mol. The SMILES string of the molecule is CC(C)(C(=O)O)C(C1=CCCC1)C1=CCCC1. The Bertz CT molecular complexity index is 350. The van der Waals surface area contributed by atoms with Crippen LogP contribution in [0.3, 0.4) is 0 Å². The Kier molecular flexibility index (Phi) is 3.41. The summed E-state index contributed by atoms with van der Waals surface area (Å²) in [6.07, 6.45) is 11.3. The van der Waals surface area contributed by atoms with Gasteiger partial charge < -0.3 is 5.11 Å². The lowest BCUT2D eigenvalue weighted by Crippen LogP contribution is -2.34. The van der Waals surface area contributed by atoms with E-state index in [1.54, 1.807) is 0 Å². The topological polar surface area (TPSA) is 37.3 Å². The van der Waals surface area contributed by atoms with E-state index < -0.39 is 11.4 Å². The number of carboxylic acid groups (broad SMARTS) is 1. The number of allylic oxidation sites excluding steroid dienone is 4. The molecule has 0 unspecified atom stereocenters. The zero-order chi connectivity index (χ0) is 12.5. The molecule has 2 aliphatic rings. The molecule has 2 rings (SSSR count). The van der Waals surface area contributed by atoms with Gasteiger partial charge in [0.2, 0.25) is 0 Å². The molecule has 2 nitrogen and oxygen atoms in total. The second-order valence-corrected chi connectivity index (χ2v) is 5.80. The molecule has 94 valence electrons. The molecule has 0 spiro atoms. The van der Waals surface area contributed by atoms with E-state index in [2.05, 4.69) is 12.2 Å². The summed E-state index contributed by atoms with van der Waals surface area (Å²) in [6, 6.07) is 0. The van der Waals surface area contributed by atoms with Gasteiger partial charge in [-0.2, -0.15) is 0 Å². The Labute approximate surface area is 103 Å². The highest BCUT2D eigenvalue weighted by atomic mass is 16.4. The van der Waals surface area contributed by atoms with Crippen LogP contribution in [0.5, 0.6) is 0 Å². The van der Waals surface area contributed by atoms with Gasteiger partial charge in [0.25, 0.3) is 0 Å². The number of rotatable bonds is 4. The summed E-state index contributed by atoms with van der Waals surface area (Å²) < 4.78 is 0. The first kappa shape index (κ1) is 12.4. The van der Waals surface area contributed by atoms with Gasteiger partial charge >= 0.3 is 5.97 Å². The lowest BCUT2D eigenvalue weighted by Gasteiger charge is -2.33. The molecular formula is C15H22O2. The summed E-state index contributed by atoms with van der Waals surface area (Å²) >= 11 is 0. The number of hydrogen-bond donors (Lipinski definition) is 1. The first-order valence-corrected chi connectivity index (χ1v) is 6.64. The van der Waals surface area contributed by atoms with Crippen molar-refractivity contribution in [3.63, 3.8) is 0 Å². The predicted octanol–water partition coefficient (Wildman–Crippen LogP) is 3.93. The third-order valence-corrected chi connectivity index (χ3v) is 4.17. The van der Waals surface area contributed by atoms with Crippen LogP contribution in [0.25, 0.3) is 0 Å². The first-order valence-electron chi connectivity index (χ1n) is 6.64. The van der Waals surface area contributed by atoms with Crippen LogP contribution in [0.15, 0.2) is 23.3 Å². The summed E-state index contributed by atoms with van der Waals surface area (Å²) in [4.78, 5) is 11.5. The van der Waals surface area contributed by atoms with Gasteiger partial charge in [0, 0.05) is 5.92 Å². The maximum absolute atomic E-state index is 11.5.